The minimum Gasteiger partial charge on any atom is -1.00 e. The Morgan fingerprint density at radius 1 is 1.29 bits per heavy atom. The Labute approximate surface area is 120 Å². The fourth-order valence-corrected chi connectivity index (χ4v) is 1.41. The van der Waals surface area contributed by atoms with E-state index in [1.165, 1.54) is 0 Å². The zero-order valence-corrected chi connectivity index (χ0v) is 13.3. The van der Waals surface area contributed by atoms with Crippen molar-refractivity contribution in [1.29, 1.82) is 0 Å². The number of halogens is 1. The lowest BCUT2D eigenvalue weighted by Crippen LogP contribution is -3.00. The third-order valence-electron chi connectivity index (χ3n) is 1.81. The number of carbonyl (C=O) groups excluding carboxylic acids is 1. The predicted octanol–water partition coefficient (Wildman–Crippen LogP) is -3.09. The molecule has 0 aromatic heterocycles. The standard InChI is InChI=1S/C9H19NO5S.HI/c1-10(2,3)6-7-15-9(11)5-4-8-16(12,13)14;/h4-8H2,1-3H3;1H. The molecule has 0 heterocycles. The molecule has 0 saturated heterocycles. The van der Waals surface area contributed by atoms with Gasteiger partial charge in [-0.25, -0.2) is 0 Å². The molecule has 8 heteroatoms. The van der Waals surface area contributed by atoms with E-state index in [0.717, 1.165) is 0 Å². The van der Waals surface area contributed by atoms with Crippen LogP contribution in [0.5, 0.6) is 0 Å². The first kappa shape index (κ1) is 19.4. The van der Waals surface area contributed by atoms with Gasteiger partial charge in [-0.3, -0.25) is 9.35 Å². The number of hydrogen-bond acceptors (Lipinski definition) is 4. The summed E-state index contributed by atoms with van der Waals surface area (Å²) in [6, 6.07) is 0. The topological polar surface area (TPSA) is 80.7 Å². The van der Waals surface area contributed by atoms with Crippen LogP contribution in [0.15, 0.2) is 0 Å². The predicted molar refractivity (Wildman–Crippen MR) is 59.5 cm³/mol. The van der Waals surface area contributed by atoms with Crippen LogP contribution in [0.1, 0.15) is 12.8 Å². The molecule has 0 aliphatic heterocycles. The van der Waals surface area contributed by atoms with Gasteiger partial charge >= 0.3 is 5.97 Å². The second kappa shape index (κ2) is 8.22. The SMILES string of the molecule is C[N+](C)(C)CCOC(=O)CCCS(=O)(=O)O.[I-]. The first-order valence-electron chi connectivity index (χ1n) is 5.01. The summed E-state index contributed by atoms with van der Waals surface area (Å²) in [7, 11) is 1.96. The maximum atomic E-state index is 11.1. The van der Waals surface area contributed by atoms with Gasteiger partial charge < -0.3 is 33.2 Å². The van der Waals surface area contributed by atoms with Crippen LogP contribution >= 0.6 is 0 Å². The van der Waals surface area contributed by atoms with Crippen LogP contribution in [0.4, 0.5) is 0 Å². The molecule has 0 spiro atoms. The van der Waals surface area contributed by atoms with Gasteiger partial charge in [0.15, 0.2) is 0 Å². The summed E-state index contributed by atoms with van der Waals surface area (Å²) in [5, 5.41) is 0. The first-order valence-corrected chi connectivity index (χ1v) is 6.62. The molecule has 0 rings (SSSR count). The van der Waals surface area contributed by atoms with Crippen LogP contribution in [0.2, 0.25) is 0 Å². The highest BCUT2D eigenvalue weighted by Gasteiger charge is 2.11. The Balaban J connectivity index is 0. The second-order valence-electron chi connectivity index (χ2n) is 4.62. The first-order chi connectivity index (χ1) is 7.10. The number of rotatable bonds is 7. The number of ether oxygens (including phenoxy) is 1. The van der Waals surface area contributed by atoms with Crippen molar-refractivity contribution in [1.82, 2.24) is 0 Å². The summed E-state index contributed by atoms with van der Waals surface area (Å²) < 4.78 is 34.7. The van der Waals surface area contributed by atoms with E-state index in [1.807, 2.05) is 21.1 Å². The molecule has 0 amide bonds. The van der Waals surface area contributed by atoms with Crippen molar-refractivity contribution in [2.45, 2.75) is 12.8 Å². The summed E-state index contributed by atoms with van der Waals surface area (Å²) in [6.45, 7) is 1.01. The van der Waals surface area contributed by atoms with Gasteiger partial charge in [-0.15, -0.1) is 0 Å². The lowest BCUT2D eigenvalue weighted by atomic mass is 10.3. The minimum atomic E-state index is -3.97. The Bertz CT molecular complexity index is 323. The van der Waals surface area contributed by atoms with Gasteiger partial charge in [0.2, 0.25) is 0 Å². The van der Waals surface area contributed by atoms with Crippen molar-refractivity contribution in [3.8, 4) is 0 Å². The Kier molecular flexibility index (Phi) is 9.39. The fourth-order valence-electron chi connectivity index (χ4n) is 0.904. The average Bonchev–Trinajstić information content (AvgIpc) is 1.98. The molecule has 0 bridgehead atoms. The van der Waals surface area contributed by atoms with Crippen LogP contribution in [0, 0.1) is 0 Å². The molecule has 0 saturated carbocycles. The molecule has 0 atom stereocenters. The van der Waals surface area contributed by atoms with E-state index < -0.39 is 21.8 Å². The molecule has 6 nitrogen and oxygen atoms in total. The number of likely N-dealkylation sites (N-methyl/N-ethyl adjacent to an activating group) is 1. The fraction of sp³-hybridized carbons (Fsp3) is 0.889. The summed E-state index contributed by atoms with van der Waals surface area (Å²) in [6.07, 6.45) is 0.0962. The third kappa shape index (κ3) is 16.1. The third-order valence-corrected chi connectivity index (χ3v) is 2.61. The van der Waals surface area contributed by atoms with Crippen molar-refractivity contribution < 1.29 is 51.0 Å². The van der Waals surface area contributed by atoms with Gasteiger partial charge in [-0.1, -0.05) is 0 Å². The second-order valence-corrected chi connectivity index (χ2v) is 6.20. The van der Waals surface area contributed by atoms with Gasteiger partial charge in [0, 0.05) is 6.42 Å². The van der Waals surface area contributed by atoms with Gasteiger partial charge in [0.25, 0.3) is 10.1 Å². The average molecular weight is 381 g/mol. The summed E-state index contributed by atoms with van der Waals surface area (Å²) >= 11 is 0. The molecule has 0 aromatic carbocycles. The number of quaternary nitrogens is 1. The van der Waals surface area contributed by atoms with Crippen molar-refractivity contribution in [2.24, 2.45) is 0 Å². The monoisotopic (exact) mass is 381 g/mol. The molecule has 17 heavy (non-hydrogen) atoms. The number of hydrogen-bond donors (Lipinski definition) is 1. The van der Waals surface area contributed by atoms with E-state index >= 15 is 0 Å². The normalized spacial score (nSPS) is 11.8. The molecule has 1 N–H and O–H groups in total. The van der Waals surface area contributed by atoms with Crippen LogP contribution < -0.4 is 24.0 Å². The molecule has 104 valence electrons. The van der Waals surface area contributed by atoms with E-state index in [9.17, 15) is 13.2 Å². The Morgan fingerprint density at radius 3 is 2.24 bits per heavy atom. The number of nitrogens with zero attached hydrogens (tertiary/aromatic N) is 1. The van der Waals surface area contributed by atoms with Crippen molar-refractivity contribution in [3.05, 3.63) is 0 Å². The summed E-state index contributed by atoms with van der Waals surface area (Å²) in [5.41, 5.74) is 0. The van der Waals surface area contributed by atoms with E-state index in [0.29, 0.717) is 17.6 Å². The van der Waals surface area contributed by atoms with Crippen LogP contribution in [0.25, 0.3) is 0 Å². The maximum Gasteiger partial charge on any atom is 0.306 e. The lowest BCUT2D eigenvalue weighted by Gasteiger charge is -2.23. The number of carbonyl (C=O) groups is 1. The highest BCUT2D eigenvalue weighted by molar-refractivity contribution is 7.85. The highest BCUT2D eigenvalue weighted by Crippen LogP contribution is 1.97. The molecule has 0 fully saturated rings. The van der Waals surface area contributed by atoms with E-state index in [-0.39, 0.29) is 36.8 Å². The zero-order valence-electron chi connectivity index (χ0n) is 10.3. The Morgan fingerprint density at radius 2 is 1.82 bits per heavy atom. The van der Waals surface area contributed by atoms with E-state index in [2.05, 4.69) is 0 Å². The molecule has 0 aliphatic carbocycles. The zero-order chi connectivity index (χ0) is 12.8. The van der Waals surface area contributed by atoms with E-state index in [4.69, 9.17) is 9.29 Å². The minimum absolute atomic E-state index is 0. The molecule has 0 aliphatic rings. The number of esters is 1. The van der Waals surface area contributed by atoms with Crippen molar-refractivity contribution in [2.75, 3.05) is 40.0 Å². The van der Waals surface area contributed by atoms with Crippen LogP contribution in [-0.2, 0) is 19.6 Å². The van der Waals surface area contributed by atoms with Gasteiger partial charge in [-0.05, 0) is 6.42 Å². The van der Waals surface area contributed by atoms with Crippen molar-refractivity contribution in [3.63, 3.8) is 0 Å². The van der Waals surface area contributed by atoms with Gasteiger partial charge in [0.05, 0.1) is 26.9 Å². The van der Waals surface area contributed by atoms with Gasteiger partial charge in [-0.2, -0.15) is 8.42 Å². The molecule has 0 aromatic rings. The summed E-state index contributed by atoms with van der Waals surface area (Å²) in [4.78, 5) is 11.1. The Hall–Kier alpha value is 0.0700. The molecule has 0 unspecified atom stereocenters. The van der Waals surface area contributed by atoms with Crippen LogP contribution in [0.3, 0.4) is 0 Å². The summed E-state index contributed by atoms with van der Waals surface area (Å²) in [5.74, 6) is -0.839. The quantitative estimate of drug-likeness (QED) is 0.219. The van der Waals surface area contributed by atoms with Gasteiger partial charge in [0.1, 0.15) is 13.2 Å². The maximum absolute atomic E-state index is 11.1. The smallest absolute Gasteiger partial charge is 0.306 e. The largest absolute Gasteiger partial charge is 1.00 e. The molecular weight excluding hydrogens is 361 g/mol. The van der Waals surface area contributed by atoms with Crippen molar-refractivity contribution >= 4 is 16.1 Å². The lowest BCUT2D eigenvalue weighted by molar-refractivity contribution is -0.870. The van der Waals surface area contributed by atoms with Crippen LogP contribution in [-0.4, -0.2) is 63.5 Å². The highest BCUT2D eigenvalue weighted by atomic mass is 127. The molecule has 0 radical (unpaired) electrons. The van der Waals surface area contributed by atoms with E-state index in [1.54, 1.807) is 0 Å². The molecular formula is C9H20INO5S.